The lowest BCUT2D eigenvalue weighted by atomic mass is 10.0. The van der Waals surface area contributed by atoms with E-state index in [2.05, 4.69) is 22.2 Å². The van der Waals surface area contributed by atoms with Crippen LogP contribution in [0.15, 0.2) is 18.5 Å². The van der Waals surface area contributed by atoms with E-state index in [0.29, 0.717) is 6.54 Å². The third-order valence-electron chi connectivity index (χ3n) is 4.75. The van der Waals surface area contributed by atoms with Gasteiger partial charge >= 0.3 is 0 Å². The molecule has 1 N–H and O–H groups in total. The van der Waals surface area contributed by atoms with Crippen LogP contribution in [-0.4, -0.2) is 71.2 Å². The molecule has 2 rings (SSSR count). The van der Waals surface area contributed by atoms with Gasteiger partial charge in [0.05, 0.1) is 6.54 Å². The topological polar surface area (TPSA) is 70.5 Å². The van der Waals surface area contributed by atoms with E-state index in [0.717, 1.165) is 25.4 Å². The Morgan fingerprint density at radius 1 is 1.44 bits per heavy atom. The van der Waals surface area contributed by atoms with Gasteiger partial charge in [0.15, 0.2) is 0 Å². The van der Waals surface area contributed by atoms with E-state index in [4.69, 9.17) is 0 Å². The Balaban J connectivity index is 1.63. The van der Waals surface area contributed by atoms with Crippen LogP contribution in [0.2, 0.25) is 0 Å². The molecule has 1 saturated heterocycles. The molecule has 2 amide bonds. The molecule has 0 radical (unpaired) electrons. The van der Waals surface area contributed by atoms with Gasteiger partial charge in [0.2, 0.25) is 11.8 Å². The van der Waals surface area contributed by atoms with E-state index in [9.17, 15) is 9.59 Å². The number of piperidine rings is 1. The molecule has 0 spiro atoms. The van der Waals surface area contributed by atoms with Crippen molar-refractivity contribution in [2.75, 3.05) is 39.8 Å². The number of carbonyl (C=O) groups is 2. The second-order valence-corrected chi connectivity index (χ2v) is 7.11. The number of nitrogens with one attached hydrogen (secondary N) is 1. The summed E-state index contributed by atoms with van der Waals surface area (Å²) >= 11 is 0. The molecule has 140 valence electrons. The molecular weight excluding hydrogens is 318 g/mol. The van der Waals surface area contributed by atoms with E-state index >= 15 is 0 Å². The first-order valence-corrected chi connectivity index (χ1v) is 9.20. The Morgan fingerprint density at radius 2 is 2.24 bits per heavy atom. The Morgan fingerprint density at radius 3 is 2.92 bits per heavy atom. The summed E-state index contributed by atoms with van der Waals surface area (Å²) < 4.78 is 1.59. The fourth-order valence-electron chi connectivity index (χ4n) is 3.31. The monoisotopic (exact) mass is 349 g/mol. The predicted octanol–water partition coefficient (Wildman–Crippen LogP) is 1.14. The molecule has 1 aromatic rings. The van der Waals surface area contributed by atoms with Crippen LogP contribution in [0, 0.1) is 5.92 Å². The molecule has 7 nitrogen and oxygen atoms in total. The van der Waals surface area contributed by atoms with E-state index in [-0.39, 0.29) is 18.4 Å². The number of likely N-dealkylation sites (N-methyl/N-ethyl adjacent to an activating group) is 1. The maximum atomic E-state index is 12.3. The number of likely N-dealkylation sites (tertiary alicyclic amines) is 1. The van der Waals surface area contributed by atoms with Crippen molar-refractivity contribution in [1.29, 1.82) is 0 Å². The van der Waals surface area contributed by atoms with Gasteiger partial charge in [-0.05, 0) is 51.3 Å². The van der Waals surface area contributed by atoms with Gasteiger partial charge in [-0.25, -0.2) is 0 Å². The number of carbonyl (C=O) groups excluding carboxylic acids is 2. The smallest absolute Gasteiger partial charge is 0.247 e. The third kappa shape index (κ3) is 6.16. The zero-order chi connectivity index (χ0) is 18.2. The Kier molecular flexibility index (Phi) is 7.43. The minimum absolute atomic E-state index is 0.0746. The van der Waals surface area contributed by atoms with Crippen LogP contribution in [0.5, 0.6) is 0 Å². The maximum Gasteiger partial charge on any atom is 0.247 e. The number of hydrogen-bond donors (Lipinski definition) is 1. The summed E-state index contributed by atoms with van der Waals surface area (Å²) in [5, 5.41) is 6.98. The van der Waals surface area contributed by atoms with Crippen LogP contribution >= 0.6 is 0 Å². The second-order valence-electron chi connectivity index (χ2n) is 7.11. The first kappa shape index (κ1) is 19.4. The summed E-state index contributed by atoms with van der Waals surface area (Å²) in [6.07, 6.45) is 6.93. The molecular formula is C18H31N5O2. The highest BCUT2D eigenvalue weighted by molar-refractivity contribution is 5.86. The van der Waals surface area contributed by atoms with Crippen molar-refractivity contribution in [2.45, 2.75) is 39.2 Å². The average molecular weight is 349 g/mol. The molecule has 7 heteroatoms. The Hall–Kier alpha value is -1.89. The van der Waals surface area contributed by atoms with Crippen molar-refractivity contribution in [3.63, 3.8) is 0 Å². The standard InChI is InChI=1S/C18H31N5O2/c1-15-7-4-10-22(13-15)11-5-8-19-17(24)14-21(3)18(25)16(2)23-12-6-9-20-23/h6,9,12,15-16H,4-5,7-8,10-11,13-14H2,1-3H3,(H,19,24). The molecule has 1 aromatic heterocycles. The Labute approximate surface area is 150 Å². The fraction of sp³-hybridized carbons (Fsp3) is 0.722. The van der Waals surface area contributed by atoms with Crippen molar-refractivity contribution in [3.8, 4) is 0 Å². The van der Waals surface area contributed by atoms with Crippen molar-refractivity contribution in [2.24, 2.45) is 5.92 Å². The van der Waals surface area contributed by atoms with Crippen LogP contribution in [0.25, 0.3) is 0 Å². The van der Waals surface area contributed by atoms with Crippen molar-refractivity contribution in [3.05, 3.63) is 18.5 Å². The minimum Gasteiger partial charge on any atom is -0.355 e. The molecule has 1 fully saturated rings. The lowest BCUT2D eigenvalue weighted by Gasteiger charge is -2.30. The van der Waals surface area contributed by atoms with Gasteiger partial charge in [0.1, 0.15) is 6.04 Å². The molecule has 2 unspecified atom stereocenters. The molecule has 0 saturated carbocycles. The fourth-order valence-corrected chi connectivity index (χ4v) is 3.31. The van der Waals surface area contributed by atoms with Gasteiger partial charge in [-0.15, -0.1) is 0 Å². The van der Waals surface area contributed by atoms with Crippen LogP contribution < -0.4 is 5.32 Å². The van der Waals surface area contributed by atoms with Crippen molar-refractivity contribution >= 4 is 11.8 Å². The number of nitrogens with zero attached hydrogens (tertiary/aromatic N) is 4. The Bertz CT molecular complexity index is 546. The first-order chi connectivity index (χ1) is 12.0. The highest BCUT2D eigenvalue weighted by Crippen LogP contribution is 2.15. The molecule has 2 atom stereocenters. The average Bonchev–Trinajstić information content (AvgIpc) is 3.12. The molecule has 2 heterocycles. The predicted molar refractivity (Wildman–Crippen MR) is 97.0 cm³/mol. The second kappa shape index (κ2) is 9.56. The van der Waals surface area contributed by atoms with Gasteiger partial charge in [0, 0.05) is 32.5 Å². The maximum absolute atomic E-state index is 12.3. The number of amides is 2. The van der Waals surface area contributed by atoms with Crippen LogP contribution in [0.4, 0.5) is 0 Å². The number of rotatable bonds is 8. The van der Waals surface area contributed by atoms with Crippen molar-refractivity contribution < 1.29 is 9.59 Å². The highest BCUT2D eigenvalue weighted by atomic mass is 16.2. The quantitative estimate of drug-likeness (QED) is 0.715. The van der Waals surface area contributed by atoms with Gasteiger partial charge in [-0.2, -0.15) is 5.10 Å². The molecule has 1 aliphatic rings. The van der Waals surface area contributed by atoms with Crippen LogP contribution in [0.3, 0.4) is 0 Å². The van der Waals surface area contributed by atoms with Crippen molar-refractivity contribution in [1.82, 2.24) is 24.9 Å². The van der Waals surface area contributed by atoms with Crippen LogP contribution in [0.1, 0.15) is 39.2 Å². The molecule has 1 aliphatic heterocycles. The molecule has 25 heavy (non-hydrogen) atoms. The zero-order valence-electron chi connectivity index (χ0n) is 15.6. The highest BCUT2D eigenvalue weighted by Gasteiger charge is 2.21. The van der Waals surface area contributed by atoms with E-state index in [1.54, 1.807) is 37.1 Å². The number of hydrogen-bond acceptors (Lipinski definition) is 4. The van der Waals surface area contributed by atoms with Gasteiger partial charge in [0.25, 0.3) is 0 Å². The lowest BCUT2D eigenvalue weighted by molar-refractivity contribution is -0.137. The SMILES string of the molecule is CC1CCCN(CCCNC(=O)CN(C)C(=O)C(C)n2cccn2)C1. The minimum atomic E-state index is -0.408. The van der Waals surface area contributed by atoms with E-state index in [1.165, 1.54) is 24.3 Å². The summed E-state index contributed by atoms with van der Waals surface area (Å²) in [4.78, 5) is 28.3. The van der Waals surface area contributed by atoms with Gasteiger partial charge < -0.3 is 15.1 Å². The largest absolute Gasteiger partial charge is 0.355 e. The van der Waals surface area contributed by atoms with Gasteiger partial charge in [-0.1, -0.05) is 6.92 Å². The number of aromatic nitrogens is 2. The third-order valence-corrected chi connectivity index (χ3v) is 4.75. The van der Waals surface area contributed by atoms with Crippen LogP contribution in [-0.2, 0) is 9.59 Å². The summed E-state index contributed by atoms with van der Waals surface area (Å²) in [5.74, 6) is 0.538. The lowest BCUT2D eigenvalue weighted by Crippen LogP contribution is -2.42. The normalized spacial score (nSPS) is 19.4. The van der Waals surface area contributed by atoms with E-state index in [1.807, 2.05) is 0 Å². The summed E-state index contributed by atoms with van der Waals surface area (Å²) in [6, 6.07) is 1.37. The zero-order valence-corrected chi connectivity index (χ0v) is 15.6. The van der Waals surface area contributed by atoms with Gasteiger partial charge in [-0.3, -0.25) is 14.3 Å². The van der Waals surface area contributed by atoms with E-state index < -0.39 is 6.04 Å². The summed E-state index contributed by atoms with van der Waals surface area (Å²) in [7, 11) is 1.65. The summed E-state index contributed by atoms with van der Waals surface area (Å²) in [6.45, 7) is 8.16. The first-order valence-electron chi connectivity index (χ1n) is 9.20. The molecule has 0 aliphatic carbocycles. The summed E-state index contributed by atoms with van der Waals surface area (Å²) in [5.41, 5.74) is 0. The molecule has 0 aromatic carbocycles. The molecule has 0 bridgehead atoms.